The van der Waals surface area contributed by atoms with Crippen molar-refractivity contribution in [2.75, 3.05) is 12.8 Å². The van der Waals surface area contributed by atoms with Crippen molar-refractivity contribution in [2.24, 2.45) is 10.9 Å². The van der Waals surface area contributed by atoms with Gasteiger partial charge < -0.3 is 26.2 Å². The number of carbonyl (C=O) groups excluding carboxylic acids is 3. The van der Waals surface area contributed by atoms with Gasteiger partial charge in [0.15, 0.2) is 21.1 Å². The van der Waals surface area contributed by atoms with Crippen LogP contribution in [0.15, 0.2) is 22.7 Å². The summed E-state index contributed by atoms with van der Waals surface area (Å²) in [4.78, 5) is 43.7. The number of nitrogens with zero attached hydrogens (tertiary/aromatic N) is 3. The zero-order valence-electron chi connectivity index (χ0n) is 14.6. The third-order valence-corrected chi connectivity index (χ3v) is 4.82. The number of amides is 3. The van der Waals surface area contributed by atoms with Crippen LogP contribution in [0, 0.1) is 0 Å². The molecule has 146 valence electrons. The van der Waals surface area contributed by atoms with Crippen molar-refractivity contribution in [1.29, 1.82) is 0 Å². The Morgan fingerprint density at radius 2 is 2.14 bits per heavy atom. The second-order valence-electron chi connectivity index (χ2n) is 4.99. The molecule has 2 heterocycles. The summed E-state index contributed by atoms with van der Waals surface area (Å²) >= 11 is 1.02. The number of hydrogen-bond acceptors (Lipinski definition) is 11. The van der Waals surface area contributed by atoms with E-state index in [1.165, 1.54) is 12.5 Å². The molecule has 2 atom stereocenters. The predicted molar refractivity (Wildman–Crippen MR) is 90.7 cm³/mol. The Labute approximate surface area is 184 Å². The molecule has 0 spiro atoms. The Kier molecular flexibility index (Phi) is 8.09. The van der Waals surface area contributed by atoms with E-state index >= 15 is 0 Å². The number of thiazole rings is 1. The van der Waals surface area contributed by atoms with Crippen LogP contribution in [0.25, 0.3) is 0 Å². The molecule has 16 heteroatoms. The molecular weight excluding hydrogens is 427 g/mol. The van der Waals surface area contributed by atoms with Gasteiger partial charge >= 0.3 is 29.6 Å². The summed E-state index contributed by atoms with van der Waals surface area (Å²) in [5.74, 6) is -3.07. The fraction of sp³-hybridized carbons (Fsp3) is 0.250. The molecule has 2 rings (SSSR count). The number of anilines is 1. The number of nitrogens with two attached hydrogens (primary N) is 2. The molecule has 13 nitrogen and oxygen atoms in total. The van der Waals surface area contributed by atoms with E-state index in [-0.39, 0.29) is 50.4 Å². The molecule has 1 aliphatic rings. The van der Waals surface area contributed by atoms with Crippen LogP contribution in [0.5, 0.6) is 0 Å². The maximum Gasteiger partial charge on any atom is 1.00 e. The molecule has 1 fully saturated rings. The van der Waals surface area contributed by atoms with Crippen LogP contribution in [0.3, 0.4) is 0 Å². The second kappa shape index (κ2) is 9.44. The summed E-state index contributed by atoms with van der Waals surface area (Å²) in [7, 11) is -4.00. The minimum Gasteiger partial charge on any atom is -0.731 e. The molecule has 0 bridgehead atoms. The zero-order valence-corrected chi connectivity index (χ0v) is 18.2. The van der Waals surface area contributed by atoms with Gasteiger partial charge in [0.25, 0.3) is 11.8 Å². The van der Waals surface area contributed by atoms with Crippen molar-refractivity contribution >= 4 is 50.2 Å². The first kappa shape index (κ1) is 24.0. The van der Waals surface area contributed by atoms with Crippen molar-refractivity contribution in [3.63, 3.8) is 0 Å². The average Bonchev–Trinajstić information content (AvgIpc) is 2.98. The van der Waals surface area contributed by atoms with Gasteiger partial charge in [0.2, 0.25) is 5.91 Å². The van der Waals surface area contributed by atoms with E-state index in [0.717, 1.165) is 23.5 Å². The van der Waals surface area contributed by atoms with Crippen molar-refractivity contribution < 1.29 is 61.7 Å². The summed E-state index contributed by atoms with van der Waals surface area (Å²) in [6.45, 7) is 0. The molecule has 0 aliphatic carbocycles. The molecule has 0 unspecified atom stereocenters. The van der Waals surface area contributed by atoms with Gasteiger partial charge in [-0.1, -0.05) is 11.2 Å². The van der Waals surface area contributed by atoms with Crippen LogP contribution in [-0.2, 0) is 29.5 Å². The first-order chi connectivity index (χ1) is 12.6. The van der Waals surface area contributed by atoms with Crippen LogP contribution < -0.4 is 46.3 Å². The number of oxime groups is 1. The smallest absolute Gasteiger partial charge is 0.731 e. The first-order valence-electron chi connectivity index (χ1n) is 6.96. The van der Waals surface area contributed by atoms with Crippen molar-refractivity contribution in [3.05, 3.63) is 23.2 Å². The van der Waals surface area contributed by atoms with E-state index in [0.29, 0.717) is 0 Å². The quantitative estimate of drug-likeness (QED) is 0.0919. The van der Waals surface area contributed by atoms with Gasteiger partial charge in [-0.25, -0.2) is 17.7 Å². The van der Waals surface area contributed by atoms with Crippen molar-refractivity contribution in [3.8, 4) is 0 Å². The molecule has 28 heavy (non-hydrogen) atoms. The predicted octanol–water partition coefficient (Wildman–Crippen LogP) is -5.72. The largest absolute Gasteiger partial charge is 1.00 e. The molecule has 0 saturated carbocycles. The number of nitrogen functional groups attached to an aromatic ring is 1. The second-order valence-corrected chi connectivity index (χ2v) is 7.13. The van der Waals surface area contributed by atoms with E-state index in [9.17, 15) is 27.4 Å². The average molecular weight is 440 g/mol. The van der Waals surface area contributed by atoms with Crippen LogP contribution in [0.4, 0.5) is 5.13 Å². The van der Waals surface area contributed by atoms with Crippen LogP contribution in [0.1, 0.15) is 5.69 Å². The first-order valence-corrected chi connectivity index (χ1v) is 9.21. The minimum atomic E-state index is -5.16. The Bertz CT molecular complexity index is 944. The van der Waals surface area contributed by atoms with Crippen LogP contribution >= 0.6 is 11.3 Å². The zero-order chi connectivity index (χ0) is 20.4. The number of carbonyl (C=O) groups is 3. The molecular formula is C12H13N6NaO7S2. The molecule has 3 amide bonds. The third-order valence-electron chi connectivity index (χ3n) is 3.24. The maximum atomic E-state index is 12.4. The van der Waals surface area contributed by atoms with Gasteiger partial charge in [-0.15, -0.1) is 11.3 Å². The van der Waals surface area contributed by atoms with Crippen LogP contribution in [0.2, 0.25) is 0 Å². The van der Waals surface area contributed by atoms with E-state index < -0.39 is 40.1 Å². The summed E-state index contributed by atoms with van der Waals surface area (Å²) < 4.78 is 33.6. The topological polar surface area (TPSA) is 210 Å². The summed E-state index contributed by atoms with van der Waals surface area (Å²) in [5, 5.41) is 7.27. The number of β-lactam (4-membered cyclic amide) rings is 1. The SMILES string of the molecule is CO/N=C(\C(=O)N[C@@H]1C(=O)N(S(=O)(=O)[O-])[C@H]1/C=C/C(N)=O)c1csc(N)n1.[Na+]. The monoisotopic (exact) mass is 440 g/mol. The summed E-state index contributed by atoms with van der Waals surface area (Å²) in [6, 6.07) is -2.88. The van der Waals surface area contributed by atoms with Gasteiger partial charge in [-0.3, -0.25) is 14.4 Å². The molecule has 0 aromatic carbocycles. The van der Waals surface area contributed by atoms with E-state index in [4.69, 9.17) is 11.5 Å². The molecule has 1 aliphatic heterocycles. The minimum absolute atomic E-state index is 0. The Balaban J connectivity index is 0.00000392. The van der Waals surface area contributed by atoms with E-state index in [1.54, 1.807) is 0 Å². The molecule has 1 saturated heterocycles. The standard InChI is InChI=1S/C12H14N6O7S2.Na/c1-25-17-8(5-4-26-12(14)15-5)10(20)16-9-6(2-3-7(13)19)18(11(9)21)27(22,23)24;/h2-4,6,9H,1H3,(H2,13,19)(H2,14,15)(H,16,20)(H,22,23,24);/q;+1/p-1/b3-2+,17-8-;/t6-,9-;/m0./s1. The fourth-order valence-corrected chi connectivity index (χ4v) is 3.55. The summed E-state index contributed by atoms with van der Waals surface area (Å²) in [5.41, 5.74) is 10.1. The Morgan fingerprint density at radius 1 is 1.50 bits per heavy atom. The van der Waals surface area contributed by atoms with Gasteiger partial charge in [0, 0.05) is 11.5 Å². The molecule has 1 aromatic rings. The maximum absolute atomic E-state index is 12.4. The molecule has 1 aromatic heterocycles. The van der Waals surface area contributed by atoms with Gasteiger partial charge in [0.05, 0.1) is 6.04 Å². The molecule has 5 N–H and O–H groups in total. The van der Waals surface area contributed by atoms with E-state index in [2.05, 4.69) is 20.3 Å². The van der Waals surface area contributed by atoms with E-state index in [1.807, 2.05) is 0 Å². The van der Waals surface area contributed by atoms with Crippen molar-refractivity contribution in [2.45, 2.75) is 12.1 Å². The normalized spacial score (nSPS) is 19.7. The van der Waals surface area contributed by atoms with Crippen LogP contribution in [-0.4, -0.2) is 64.9 Å². The number of hydrogen-bond donors (Lipinski definition) is 3. The molecule has 0 radical (unpaired) electrons. The Morgan fingerprint density at radius 3 is 2.61 bits per heavy atom. The van der Waals surface area contributed by atoms with Gasteiger partial charge in [-0.05, 0) is 0 Å². The van der Waals surface area contributed by atoms with Gasteiger partial charge in [-0.2, -0.15) is 0 Å². The van der Waals surface area contributed by atoms with Crippen molar-refractivity contribution in [1.82, 2.24) is 14.6 Å². The summed E-state index contributed by atoms with van der Waals surface area (Å²) in [6.07, 6.45) is 1.68. The number of rotatable bonds is 7. The number of aromatic nitrogens is 1. The number of nitrogens with one attached hydrogen (secondary N) is 1. The third kappa shape index (κ3) is 5.27. The van der Waals surface area contributed by atoms with Gasteiger partial charge in [0.1, 0.15) is 18.8 Å². The Hall–Kier alpha value is -2.04. The fourth-order valence-electron chi connectivity index (χ4n) is 2.17. The number of primary amides is 1.